The van der Waals surface area contributed by atoms with Gasteiger partial charge in [-0.25, -0.2) is 0 Å². The Morgan fingerprint density at radius 1 is 1.41 bits per heavy atom. The molecule has 5 heteroatoms. The standard InChI is InChI=1S/C17H32N4.HI/c1-13(2)21-11-14(3)16(12-21)20-17(18-4)19-10-9-15-7-5-6-8-15;/h7,13-14,16H,5-6,8-12H2,1-4H3,(H2,18,19,20);1H. The zero-order valence-electron chi connectivity index (χ0n) is 14.6. The fourth-order valence-electron chi connectivity index (χ4n) is 3.29. The maximum absolute atomic E-state index is 4.38. The number of rotatable bonds is 5. The molecule has 2 aliphatic rings. The highest BCUT2D eigenvalue weighted by molar-refractivity contribution is 14.0. The van der Waals surface area contributed by atoms with E-state index in [1.807, 2.05) is 7.05 Å². The monoisotopic (exact) mass is 420 g/mol. The Hall–Kier alpha value is -0.300. The molecule has 1 aliphatic carbocycles. The molecule has 1 heterocycles. The van der Waals surface area contributed by atoms with E-state index in [-0.39, 0.29) is 24.0 Å². The molecule has 2 N–H and O–H groups in total. The molecule has 0 aromatic carbocycles. The predicted octanol–water partition coefficient (Wildman–Crippen LogP) is 3.00. The van der Waals surface area contributed by atoms with Gasteiger partial charge in [0.05, 0.1) is 0 Å². The number of guanidine groups is 1. The van der Waals surface area contributed by atoms with E-state index < -0.39 is 0 Å². The number of nitrogens with one attached hydrogen (secondary N) is 2. The molecule has 128 valence electrons. The molecular formula is C17H33IN4. The van der Waals surface area contributed by atoms with E-state index >= 15 is 0 Å². The number of nitrogens with zero attached hydrogens (tertiary/aromatic N) is 2. The third-order valence-electron chi connectivity index (χ3n) is 4.79. The van der Waals surface area contributed by atoms with Crippen molar-refractivity contribution in [2.45, 2.75) is 58.5 Å². The molecule has 1 aliphatic heterocycles. The van der Waals surface area contributed by atoms with Crippen molar-refractivity contribution < 1.29 is 0 Å². The summed E-state index contributed by atoms with van der Waals surface area (Å²) in [5, 5.41) is 7.07. The van der Waals surface area contributed by atoms with Gasteiger partial charge in [0.1, 0.15) is 0 Å². The van der Waals surface area contributed by atoms with Crippen LogP contribution < -0.4 is 10.6 Å². The fraction of sp³-hybridized carbons (Fsp3) is 0.824. The second kappa shape index (κ2) is 9.75. The SMILES string of the molecule is CN=C(NCCC1=CCCC1)NC1CN(C(C)C)CC1C.I. The van der Waals surface area contributed by atoms with Gasteiger partial charge in [0.15, 0.2) is 5.96 Å². The van der Waals surface area contributed by atoms with Crippen molar-refractivity contribution in [1.82, 2.24) is 15.5 Å². The van der Waals surface area contributed by atoms with Gasteiger partial charge in [-0.15, -0.1) is 24.0 Å². The summed E-state index contributed by atoms with van der Waals surface area (Å²) in [4.78, 5) is 6.92. The van der Waals surface area contributed by atoms with Gasteiger partial charge in [0, 0.05) is 38.8 Å². The van der Waals surface area contributed by atoms with Crippen LogP contribution in [0.2, 0.25) is 0 Å². The molecule has 1 fully saturated rings. The van der Waals surface area contributed by atoms with Crippen LogP contribution in [0.4, 0.5) is 0 Å². The fourth-order valence-corrected chi connectivity index (χ4v) is 3.29. The Morgan fingerprint density at radius 2 is 2.18 bits per heavy atom. The first-order chi connectivity index (χ1) is 10.1. The molecule has 4 nitrogen and oxygen atoms in total. The van der Waals surface area contributed by atoms with Crippen molar-refractivity contribution in [3.63, 3.8) is 0 Å². The summed E-state index contributed by atoms with van der Waals surface area (Å²) in [6.07, 6.45) is 7.45. The summed E-state index contributed by atoms with van der Waals surface area (Å²) in [5.41, 5.74) is 1.61. The van der Waals surface area contributed by atoms with Gasteiger partial charge in [0.2, 0.25) is 0 Å². The van der Waals surface area contributed by atoms with Crippen LogP contribution in [0.1, 0.15) is 46.5 Å². The average molecular weight is 420 g/mol. The summed E-state index contributed by atoms with van der Waals surface area (Å²) in [5.74, 6) is 1.62. The lowest BCUT2D eigenvalue weighted by Gasteiger charge is -2.22. The van der Waals surface area contributed by atoms with Crippen molar-refractivity contribution in [3.05, 3.63) is 11.6 Å². The van der Waals surface area contributed by atoms with Crippen LogP contribution in [0, 0.1) is 5.92 Å². The van der Waals surface area contributed by atoms with Crippen molar-refractivity contribution in [3.8, 4) is 0 Å². The molecular weight excluding hydrogens is 387 g/mol. The van der Waals surface area contributed by atoms with Gasteiger partial charge in [-0.3, -0.25) is 9.89 Å². The van der Waals surface area contributed by atoms with Crippen LogP contribution in [0.3, 0.4) is 0 Å². The summed E-state index contributed by atoms with van der Waals surface area (Å²) < 4.78 is 0. The van der Waals surface area contributed by atoms with Crippen molar-refractivity contribution in [2.24, 2.45) is 10.9 Å². The highest BCUT2D eigenvalue weighted by atomic mass is 127. The van der Waals surface area contributed by atoms with Gasteiger partial charge >= 0.3 is 0 Å². The van der Waals surface area contributed by atoms with Crippen LogP contribution in [-0.4, -0.2) is 49.6 Å². The molecule has 0 aromatic rings. The van der Waals surface area contributed by atoms with Crippen LogP contribution in [0.5, 0.6) is 0 Å². The van der Waals surface area contributed by atoms with E-state index in [1.54, 1.807) is 5.57 Å². The molecule has 0 amide bonds. The van der Waals surface area contributed by atoms with Crippen LogP contribution in [0.25, 0.3) is 0 Å². The molecule has 0 radical (unpaired) electrons. The van der Waals surface area contributed by atoms with Crippen LogP contribution in [0.15, 0.2) is 16.6 Å². The third kappa shape index (κ3) is 5.72. The molecule has 2 rings (SSSR count). The van der Waals surface area contributed by atoms with Gasteiger partial charge in [-0.1, -0.05) is 18.6 Å². The zero-order valence-corrected chi connectivity index (χ0v) is 16.9. The van der Waals surface area contributed by atoms with E-state index in [0.29, 0.717) is 18.0 Å². The first-order valence-electron chi connectivity index (χ1n) is 8.49. The number of hydrogen-bond donors (Lipinski definition) is 2. The van der Waals surface area contributed by atoms with Gasteiger partial charge in [0.25, 0.3) is 0 Å². The quantitative estimate of drug-likeness (QED) is 0.311. The molecule has 1 saturated heterocycles. The summed E-state index contributed by atoms with van der Waals surface area (Å²) >= 11 is 0. The number of likely N-dealkylation sites (tertiary alicyclic amines) is 1. The van der Waals surface area contributed by atoms with Crippen LogP contribution in [-0.2, 0) is 0 Å². The Morgan fingerprint density at radius 3 is 2.73 bits per heavy atom. The maximum Gasteiger partial charge on any atom is 0.191 e. The molecule has 0 spiro atoms. The second-order valence-corrected chi connectivity index (χ2v) is 6.78. The second-order valence-electron chi connectivity index (χ2n) is 6.78. The molecule has 0 aromatic heterocycles. The smallest absolute Gasteiger partial charge is 0.191 e. The van der Waals surface area contributed by atoms with Crippen LogP contribution >= 0.6 is 24.0 Å². The topological polar surface area (TPSA) is 39.7 Å². The summed E-state index contributed by atoms with van der Waals surface area (Å²) in [6.45, 7) is 10.2. The molecule has 0 saturated carbocycles. The van der Waals surface area contributed by atoms with E-state index in [9.17, 15) is 0 Å². The Bertz CT molecular complexity index is 392. The van der Waals surface area contributed by atoms with E-state index in [4.69, 9.17) is 0 Å². The lowest BCUT2D eigenvalue weighted by molar-refractivity contribution is 0.265. The normalized spacial score (nSPS) is 26.0. The van der Waals surface area contributed by atoms with Gasteiger partial charge in [-0.2, -0.15) is 0 Å². The molecule has 0 bridgehead atoms. The number of allylic oxidation sites excluding steroid dienone is 1. The van der Waals surface area contributed by atoms with Crippen molar-refractivity contribution in [1.29, 1.82) is 0 Å². The minimum Gasteiger partial charge on any atom is -0.356 e. The first kappa shape index (κ1) is 19.7. The predicted molar refractivity (Wildman–Crippen MR) is 106 cm³/mol. The lowest BCUT2D eigenvalue weighted by Crippen LogP contribution is -2.47. The molecule has 2 unspecified atom stereocenters. The minimum atomic E-state index is 0. The maximum atomic E-state index is 4.38. The van der Waals surface area contributed by atoms with E-state index in [1.165, 1.54) is 25.8 Å². The Kier molecular flexibility index (Phi) is 8.75. The highest BCUT2D eigenvalue weighted by Crippen LogP contribution is 2.20. The summed E-state index contributed by atoms with van der Waals surface area (Å²) in [6, 6.07) is 1.13. The first-order valence-corrected chi connectivity index (χ1v) is 8.49. The number of hydrogen-bond acceptors (Lipinski definition) is 2. The van der Waals surface area contributed by atoms with E-state index in [2.05, 4.69) is 47.4 Å². The highest BCUT2D eigenvalue weighted by Gasteiger charge is 2.31. The Labute approximate surface area is 153 Å². The molecule has 2 atom stereocenters. The molecule has 22 heavy (non-hydrogen) atoms. The lowest BCUT2D eigenvalue weighted by atomic mass is 10.1. The van der Waals surface area contributed by atoms with Crippen molar-refractivity contribution >= 4 is 29.9 Å². The van der Waals surface area contributed by atoms with Crippen molar-refractivity contribution in [2.75, 3.05) is 26.7 Å². The van der Waals surface area contributed by atoms with E-state index in [0.717, 1.165) is 25.5 Å². The average Bonchev–Trinajstić information content (AvgIpc) is 3.08. The largest absolute Gasteiger partial charge is 0.356 e. The van der Waals surface area contributed by atoms with Gasteiger partial charge in [-0.05, 0) is 45.4 Å². The Balaban J connectivity index is 0.00000242. The minimum absolute atomic E-state index is 0. The number of aliphatic imine (C=N–C) groups is 1. The zero-order chi connectivity index (χ0) is 15.2. The summed E-state index contributed by atoms with van der Waals surface area (Å²) in [7, 11) is 1.87. The third-order valence-corrected chi connectivity index (χ3v) is 4.79. The van der Waals surface area contributed by atoms with Gasteiger partial charge < -0.3 is 10.6 Å². The number of halogens is 1.